The molecule has 2 amide bonds. The van der Waals surface area contributed by atoms with Crippen molar-refractivity contribution in [1.82, 2.24) is 25.0 Å². The molecule has 0 bridgehead atoms. The lowest BCUT2D eigenvalue weighted by molar-refractivity contribution is 0.102. The normalized spacial score (nSPS) is 25.5. The Hall–Kier alpha value is -1.59. The third kappa shape index (κ3) is 3.19. The zero-order chi connectivity index (χ0) is 14.7. The summed E-state index contributed by atoms with van der Waals surface area (Å²) in [7, 11) is 0. The van der Waals surface area contributed by atoms with Crippen LogP contribution in [0.2, 0.25) is 0 Å². The van der Waals surface area contributed by atoms with E-state index in [-0.39, 0.29) is 6.03 Å². The van der Waals surface area contributed by atoms with Crippen LogP contribution in [0.1, 0.15) is 44.9 Å². The molecule has 116 valence electrons. The highest BCUT2D eigenvalue weighted by Gasteiger charge is 2.32. The molecule has 21 heavy (non-hydrogen) atoms. The Balaban J connectivity index is 1.51. The molecule has 3 rings (SSSR count). The van der Waals surface area contributed by atoms with Crippen LogP contribution < -0.4 is 5.32 Å². The fourth-order valence-electron chi connectivity index (χ4n) is 3.73. The van der Waals surface area contributed by atoms with Crippen molar-refractivity contribution in [3.8, 4) is 0 Å². The van der Waals surface area contributed by atoms with E-state index in [0.717, 1.165) is 37.3 Å². The number of piperidine rings is 1. The number of carbonyl (C=O) groups is 1. The Morgan fingerprint density at radius 3 is 2.95 bits per heavy atom. The first kappa shape index (κ1) is 14.4. The van der Waals surface area contributed by atoms with E-state index < -0.39 is 0 Å². The standard InChI is InChI=1S/C15H25N5O/c1-2-19-11-17-18-14(19)9-16-15(21)20-8-7-12-5-3-4-6-13(12)10-20/h11-13H,2-10H2,1H3,(H,16,21). The van der Waals surface area contributed by atoms with Crippen LogP contribution in [0.5, 0.6) is 0 Å². The van der Waals surface area contributed by atoms with E-state index in [2.05, 4.69) is 15.5 Å². The first-order valence-corrected chi connectivity index (χ1v) is 8.17. The van der Waals surface area contributed by atoms with Crippen molar-refractivity contribution in [3.05, 3.63) is 12.2 Å². The van der Waals surface area contributed by atoms with Crippen molar-refractivity contribution in [2.75, 3.05) is 13.1 Å². The Bertz CT molecular complexity index is 486. The van der Waals surface area contributed by atoms with Gasteiger partial charge in [-0.25, -0.2) is 4.79 Å². The number of aryl methyl sites for hydroxylation is 1. The molecule has 6 heteroatoms. The van der Waals surface area contributed by atoms with Gasteiger partial charge >= 0.3 is 6.03 Å². The molecule has 2 aliphatic rings. The second-order valence-electron chi connectivity index (χ2n) is 6.23. The molecule has 0 aromatic carbocycles. The summed E-state index contributed by atoms with van der Waals surface area (Å²) in [6.07, 6.45) is 8.23. The molecule has 1 saturated carbocycles. The number of likely N-dealkylation sites (tertiary alicyclic amines) is 1. The monoisotopic (exact) mass is 291 g/mol. The van der Waals surface area contributed by atoms with Crippen molar-refractivity contribution >= 4 is 6.03 Å². The van der Waals surface area contributed by atoms with E-state index in [1.165, 1.54) is 32.1 Å². The highest BCUT2D eigenvalue weighted by Crippen LogP contribution is 2.35. The van der Waals surface area contributed by atoms with Crippen molar-refractivity contribution in [2.24, 2.45) is 11.8 Å². The minimum atomic E-state index is 0.0460. The summed E-state index contributed by atoms with van der Waals surface area (Å²) < 4.78 is 1.95. The summed E-state index contributed by atoms with van der Waals surface area (Å²) in [5, 5.41) is 10.9. The molecule has 0 spiro atoms. The van der Waals surface area contributed by atoms with Gasteiger partial charge < -0.3 is 14.8 Å². The second-order valence-corrected chi connectivity index (χ2v) is 6.23. The molecule has 2 heterocycles. The number of aromatic nitrogens is 3. The third-order valence-electron chi connectivity index (χ3n) is 5.01. The lowest BCUT2D eigenvalue weighted by atomic mass is 9.75. The van der Waals surface area contributed by atoms with Crippen LogP contribution in [0.4, 0.5) is 4.79 Å². The lowest BCUT2D eigenvalue weighted by Crippen LogP contribution is -2.48. The average molecular weight is 291 g/mol. The topological polar surface area (TPSA) is 63.1 Å². The molecule has 1 aromatic rings. The number of carbonyl (C=O) groups excluding carboxylic acids is 1. The maximum absolute atomic E-state index is 12.3. The first-order chi connectivity index (χ1) is 10.3. The maximum atomic E-state index is 12.3. The Labute approximate surface area is 125 Å². The van der Waals surface area contributed by atoms with E-state index >= 15 is 0 Å². The van der Waals surface area contributed by atoms with Gasteiger partial charge in [0.05, 0.1) is 6.54 Å². The van der Waals surface area contributed by atoms with Crippen molar-refractivity contribution in [2.45, 2.75) is 52.1 Å². The fraction of sp³-hybridized carbons (Fsp3) is 0.800. The number of fused-ring (bicyclic) bond motifs is 1. The van der Waals surface area contributed by atoms with Gasteiger partial charge in [-0.05, 0) is 31.6 Å². The predicted molar refractivity (Wildman–Crippen MR) is 79.6 cm³/mol. The molecule has 1 aliphatic carbocycles. The smallest absolute Gasteiger partial charge is 0.317 e. The van der Waals surface area contributed by atoms with Gasteiger partial charge in [0.25, 0.3) is 0 Å². The van der Waals surface area contributed by atoms with Crippen LogP contribution in [0.15, 0.2) is 6.33 Å². The van der Waals surface area contributed by atoms with Crippen LogP contribution in [0.25, 0.3) is 0 Å². The number of rotatable bonds is 3. The molecule has 1 aliphatic heterocycles. The van der Waals surface area contributed by atoms with Gasteiger partial charge in [0.15, 0.2) is 5.82 Å². The van der Waals surface area contributed by atoms with Crippen LogP contribution in [0, 0.1) is 11.8 Å². The first-order valence-electron chi connectivity index (χ1n) is 8.17. The second kappa shape index (κ2) is 6.45. The third-order valence-corrected chi connectivity index (χ3v) is 5.01. The zero-order valence-electron chi connectivity index (χ0n) is 12.8. The molecule has 1 N–H and O–H groups in total. The molecule has 6 nitrogen and oxygen atoms in total. The lowest BCUT2D eigenvalue weighted by Gasteiger charge is -2.41. The zero-order valence-corrected chi connectivity index (χ0v) is 12.8. The molecule has 2 unspecified atom stereocenters. The molecule has 1 saturated heterocycles. The summed E-state index contributed by atoms with van der Waals surface area (Å²) in [5.74, 6) is 2.39. The van der Waals surface area contributed by atoms with Gasteiger partial charge in [0.2, 0.25) is 0 Å². The Morgan fingerprint density at radius 2 is 2.14 bits per heavy atom. The summed E-state index contributed by atoms with van der Waals surface area (Å²) in [4.78, 5) is 14.3. The van der Waals surface area contributed by atoms with E-state index in [1.807, 2.05) is 16.4 Å². The van der Waals surface area contributed by atoms with Crippen LogP contribution in [-0.2, 0) is 13.1 Å². The predicted octanol–water partition coefficient (Wildman–Crippen LogP) is 2.02. The van der Waals surface area contributed by atoms with Crippen LogP contribution in [-0.4, -0.2) is 38.8 Å². The van der Waals surface area contributed by atoms with Crippen LogP contribution in [0.3, 0.4) is 0 Å². The van der Waals surface area contributed by atoms with Crippen molar-refractivity contribution in [3.63, 3.8) is 0 Å². The summed E-state index contributed by atoms with van der Waals surface area (Å²) >= 11 is 0. The van der Waals surface area contributed by atoms with Gasteiger partial charge in [0.1, 0.15) is 6.33 Å². The molecule has 0 radical (unpaired) electrons. The number of amides is 2. The van der Waals surface area contributed by atoms with Gasteiger partial charge in [-0.1, -0.05) is 19.3 Å². The summed E-state index contributed by atoms with van der Waals surface area (Å²) in [6.45, 7) is 5.15. The minimum absolute atomic E-state index is 0.0460. The SMILES string of the molecule is CCn1cnnc1CNC(=O)N1CCC2CCCCC2C1. The Kier molecular flexibility index (Phi) is 4.41. The van der Waals surface area contributed by atoms with Gasteiger partial charge in [-0.15, -0.1) is 10.2 Å². The number of nitrogens with one attached hydrogen (secondary N) is 1. The maximum Gasteiger partial charge on any atom is 0.317 e. The van der Waals surface area contributed by atoms with Gasteiger partial charge in [-0.2, -0.15) is 0 Å². The van der Waals surface area contributed by atoms with E-state index in [1.54, 1.807) is 6.33 Å². The Morgan fingerprint density at radius 1 is 1.33 bits per heavy atom. The highest BCUT2D eigenvalue weighted by molar-refractivity contribution is 5.74. The summed E-state index contributed by atoms with van der Waals surface area (Å²) in [6, 6.07) is 0.0460. The van der Waals surface area contributed by atoms with Crippen LogP contribution >= 0.6 is 0 Å². The van der Waals surface area contributed by atoms with E-state index in [0.29, 0.717) is 6.54 Å². The van der Waals surface area contributed by atoms with E-state index in [4.69, 9.17) is 0 Å². The number of nitrogens with zero attached hydrogens (tertiary/aromatic N) is 4. The quantitative estimate of drug-likeness (QED) is 0.926. The molecule has 2 atom stereocenters. The summed E-state index contributed by atoms with van der Waals surface area (Å²) in [5.41, 5.74) is 0. The largest absolute Gasteiger partial charge is 0.331 e. The average Bonchev–Trinajstić information content (AvgIpc) is 2.99. The van der Waals surface area contributed by atoms with Crippen molar-refractivity contribution in [1.29, 1.82) is 0 Å². The molecule has 1 aromatic heterocycles. The molecular weight excluding hydrogens is 266 g/mol. The highest BCUT2D eigenvalue weighted by atomic mass is 16.2. The molecule has 2 fully saturated rings. The van der Waals surface area contributed by atoms with Crippen molar-refractivity contribution < 1.29 is 4.79 Å². The van der Waals surface area contributed by atoms with Gasteiger partial charge in [-0.3, -0.25) is 0 Å². The number of hydrogen-bond donors (Lipinski definition) is 1. The van der Waals surface area contributed by atoms with E-state index in [9.17, 15) is 4.79 Å². The van der Waals surface area contributed by atoms with Gasteiger partial charge in [0, 0.05) is 19.6 Å². The number of urea groups is 1. The molecular formula is C15H25N5O. The fourth-order valence-corrected chi connectivity index (χ4v) is 3.73. The number of hydrogen-bond acceptors (Lipinski definition) is 3. The minimum Gasteiger partial charge on any atom is -0.331 e.